The Hall–Kier alpha value is -4.54. The van der Waals surface area contributed by atoms with Crippen LogP contribution in [-0.4, -0.2) is 53.0 Å². The monoisotopic (exact) mass is 491 g/mol. The van der Waals surface area contributed by atoms with Crippen LogP contribution in [0, 0.1) is 0 Å². The number of aromatic carboxylic acids is 1. The number of ketones is 1. The number of hydrogen-bond acceptors (Lipinski definition) is 9. The second kappa shape index (κ2) is 8.91. The summed E-state index contributed by atoms with van der Waals surface area (Å²) in [5, 5.41) is 16.8. The van der Waals surface area contributed by atoms with Crippen molar-refractivity contribution in [2.75, 3.05) is 32.4 Å². The second-order valence-electron chi connectivity index (χ2n) is 8.57. The number of nitrogen functional groups attached to an aromatic ring is 1. The van der Waals surface area contributed by atoms with Crippen molar-refractivity contribution in [2.45, 2.75) is 24.8 Å². The molecule has 0 spiro atoms. The van der Waals surface area contributed by atoms with Crippen LogP contribution < -0.4 is 25.3 Å². The van der Waals surface area contributed by atoms with E-state index in [9.17, 15) is 14.7 Å². The maximum atomic E-state index is 13.6. The van der Waals surface area contributed by atoms with Crippen LogP contribution in [0.15, 0.2) is 47.7 Å². The summed E-state index contributed by atoms with van der Waals surface area (Å²) >= 11 is 0. The van der Waals surface area contributed by atoms with Crippen molar-refractivity contribution in [2.24, 2.45) is 0 Å². The number of benzene rings is 2. The number of aromatic nitrogens is 3. The summed E-state index contributed by atoms with van der Waals surface area (Å²) < 4.78 is 18.0. The number of anilines is 2. The molecule has 5 rings (SSSR count). The van der Waals surface area contributed by atoms with Crippen LogP contribution in [0.1, 0.15) is 46.3 Å². The summed E-state index contributed by atoms with van der Waals surface area (Å²) in [5.74, 6) is 0.748. The molecular weight excluding hydrogens is 466 g/mol. The number of carboxylic acid groups (broad SMARTS) is 1. The summed E-state index contributed by atoms with van der Waals surface area (Å²) in [6, 6.07) is 9.51. The Kier molecular flexibility index (Phi) is 5.75. The SMILES string of the molecule is COc1cc([C@H]2CC(=O)C3=C(C2)Nc2nc(N)nn2[C@@H]3c2ccc(C(=O)O)cc2)cc(OC)c1OC. The van der Waals surface area contributed by atoms with Gasteiger partial charge in [-0.2, -0.15) is 4.98 Å². The molecule has 2 aromatic carbocycles. The van der Waals surface area contributed by atoms with Crippen LogP contribution >= 0.6 is 0 Å². The number of carboxylic acids is 1. The second-order valence-corrected chi connectivity index (χ2v) is 8.57. The lowest BCUT2D eigenvalue weighted by molar-refractivity contribution is -0.116. The van der Waals surface area contributed by atoms with E-state index < -0.39 is 12.0 Å². The molecule has 1 aliphatic carbocycles. The minimum atomic E-state index is -1.03. The Bertz CT molecular complexity index is 1370. The lowest BCUT2D eigenvalue weighted by Gasteiger charge is -2.35. The van der Waals surface area contributed by atoms with E-state index in [0.717, 1.165) is 11.3 Å². The van der Waals surface area contributed by atoms with E-state index in [1.54, 1.807) is 31.0 Å². The number of nitrogens with two attached hydrogens (primary N) is 1. The molecule has 0 radical (unpaired) electrons. The molecule has 2 aliphatic rings. The number of fused-ring (bicyclic) bond motifs is 1. The maximum Gasteiger partial charge on any atom is 0.335 e. The van der Waals surface area contributed by atoms with Crippen LogP contribution in [-0.2, 0) is 4.79 Å². The highest BCUT2D eigenvalue weighted by Gasteiger charge is 2.40. The molecule has 3 aromatic rings. The van der Waals surface area contributed by atoms with Gasteiger partial charge in [-0.3, -0.25) is 4.79 Å². The number of Topliss-reactive ketones (excluding diaryl/α,β-unsaturated/α-hetero) is 1. The van der Waals surface area contributed by atoms with Crippen molar-refractivity contribution < 1.29 is 28.9 Å². The predicted molar refractivity (Wildman–Crippen MR) is 130 cm³/mol. The lowest BCUT2D eigenvalue weighted by atomic mass is 9.77. The number of carbonyl (C=O) groups excluding carboxylic acids is 1. The van der Waals surface area contributed by atoms with Gasteiger partial charge in [-0.15, -0.1) is 5.10 Å². The molecule has 0 unspecified atom stereocenters. The van der Waals surface area contributed by atoms with Crippen molar-refractivity contribution in [3.8, 4) is 17.2 Å². The quantitative estimate of drug-likeness (QED) is 0.469. The first-order chi connectivity index (χ1) is 17.3. The number of carbonyl (C=O) groups is 2. The smallest absolute Gasteiger partial charge is 0.335 e. The number of hydrogen-bond donors (Lipinski definition) is 3. The van der Waals surface area contributed by atoms with Gasteiger partial charge in [0.25, 0.3) is 0 Å². The molecule has 0 bridgehead atoms. The fraction of sp³-hybridized carbons (Fsp3) is 0.280. The van der Waals surface area contributed by atoms with Crippen LogP contribution in [0.5, 0.6) is 17.2 Å². The van der Waals surface area contributed by atoms with Gasteiger partial charge in [0.05, 0.1) is 26.9 Å². The highest BCUT2D eigenvalue weighted by molar-refractivity contribution is 6.00. The molecule has 36 heavy (non-hydrogen) atoms. The average molecular weight is 492 g/mol. The van der Waals surface area contributed by atoms with Crippen LogP contribution in [0.25, 0.3) is 0 Å². The molecule has 0 saturated heterocycles. The molecule has 186 valence electrons. The zero-order valence-corrected chi connectivity index (χ0v) is 19.9. The van der Waals surface area contributed by atoms with E-state index in [2.05, 4.69) is 15.4 Å². The summed E-state index contributed by atoms with van der Waals surface area (Å²) in [4.78, 5) is 29.3. The fourth-order valence-electron chi connectivity index (χ4n) is 4.92. The van der Waals surface area contributed by atoms with Gasteiger partial charge in [-0.1, -0.05) is 12.1 Å². The maximum absolute atomic E-state index is 13.6. The van der Waals surface area contributed by atoms with Gasteiger partial charge in [-0.05, 0) is 47.7 Å². The molecule has 11 nitrogen and oxygen atoms in total. The third-order valence-electron chi connectivity index (χ3n) is 6.57. The Morgan fingerprint density at radius 2 is 1.72 bits per heavy atom. The number of ether oxygens (including phenoxy) is 3. The van der Waals surface area contributed by atoms with Crippen molar-refractivity contribution >= 4 is 23.6 Å². The first kappa shape index (κ1) is 23.2. The number of allylic oxidation sites excluding steroid dienone is 2. The van der Waals surface area contributed by atoms with Crippen molar-refractivity contribution in [1.29, 1.82) is 0 Å². The van der Waals surface area contributed by atoms with Crippen LogP contribution in [0.3, 0.4) is 0 Å². The van der Waals surface area contributed by atoms with Crippen molar-refractivity contribution in [1.82, 2.24) is 14.8 Å². The Labute approximate surface area is 206 Å². The summed E-state index contributed by atoms with van der Waals surface area (Å²) in [6.45, 7) is 0. The molecule has 1 aromatic heterocycles. The third kappa shape index (κ3) is 3.78. The van der Waals surface area contributed by atoms with Crippen LogP contribution in [0.2, 0.25) is 0 Å². The van der Waals surface area contributed by atoms with E-state index in [0.29, 0.717) is 40.8 Å². The fourth-order valence-corrected chi connectivity index (χ4v) is 4.92. The molecule has 0 amide bonds. The normalized spacial score (nSPS) is 18.7. The molecule has 0 fully saturated rings. The first-order valence-corrected chi connectivity index (χ1v) is 11.2. The van der Waals surface area contributed by atoms with Gasteiger partial charge in [-0.25, -0.2) is 9.48 Å². The van der Waals surface area contributed by atoms with Crippen molar-refractivity contribution in [3.05, 3.63) is 64.4 Å². The minimum Gasteiger partial charge on any atom is -0.493 e. The zero-order chi connectivity index (χ0) is 25.6. The summed E-state index contributed by atoms with van der Waals surface area (Å²) in [5.41, 5.74) is 8.90. The standard InChI is InChI=1S/C25H25N5O6/c1-34-18-10-15(11-19(35-2)22(18)36-3)14-8-16-20(17(31)9-14)21(30-25(27-16)28-24(26)29-30)12-4-6-13(7-5-12)23(32)33/h4-7,10-11,14,21H,8-9H2,1-3H3,(H,32,33)(H3,26,27,28,29)/t14-,21-/m1/s1. The number of nitrogens with one attached hydrogen (secondary N) is 1. The molecule has 2 atom stereocenters. The molecule has 2 heterocycles. The first-order valence-electron chi connectivity index (χ1n) is 11.2. The molecule has 11 heteroatoms. The molecule has 4 N–H and O–H groups in total. The highest BCUT2D eigenvalue weighted by Crippen LogP contribution is 2.47. The van der Waals surface area contributed by atoms with Crippen molar-refractivity contribution in [3.63, 3.8) is 0 Å². The van der Waals surface area contributed by atoms with E-state index in [1.807, 2.05) is 12.1 Å². The molecule has 0 saturated carbocycles. The van der Waals surface area contributed by atoms with Gasteiger partial charge in [0.15, 0.2) is 17.3 Å². The molecule has 1 aliphatic heterocycles. The Morgan fingerprint density at radius 3 is 2.31 bits per heavy atom. The Morgan fingerprint density at radius 1 is 1.06 bits per heavy atom. The average Bonchev–Trinajstić information content (AvgIpc) is 3.25. The van der Waals surface area contributed by atoms with E-state index >= 15 is 0 Å². The number of nitrogens with zero attached hydrogens (tertiary/aromatic N) is 3. The van der Waals surface area contributed by atoms with Gasteiger partial charge >= 0.3 is 5.97 Å². The predicted octanol–water partition coefficient (Wildman–Crippen LogP) is 3.00. The summed E-state index contributed by atoms with van der Waals surface area (Å²) in [6.07, 6.45) is 0.776. The van der Waals surface area contributed by atoms with Gasteiger partial charge < -0.3 is 30.4 Å². The van der Waals surface area contributed by atoms with E-state index in [1.165, 1.54) is 19.2 Å². The lowest BCUT2D eigenvalue weighted by Crippen LogP contribution is -2.33. The van der Waals surface area contributed by atoms with Gasteiger partial charge in [0, 0.05) is 17.7 Å². The van der Waals surface area contributed by atoms with Crippen LogP contribution in [0.4, 0.5) is 11.9 Å². The van der Waals surface area contributed by atoms with Gasteiger partial charge in [0.2, 0.25) is 17.6 Å². The third-order valence-corrected chi connectivity index (χ3v) is 6.57. The Balaban J connectivity index is 1.58. The largest absolute Gasteiger partial charge is 0.493 e. The van der Waals surface area contributed by atoms with Gasteiger partial charge in [0.1, 0.15) is 6.04 Å². The number of methoxy groups -OCH3 is 3. The summed E-state index contributed by atoms with van der Waals surface area (Å²) in [7, 11) is 4.64. The topological polar surface area (TPSA) is 151 Å². The van der Waals surface area contributed by atoms with E-state index in [4.69, 9.17) is 19.9 Å². The number of rotatable bonds is 6. The minimum absolute atomic E-state index is 0.0606. The zero-order valence-electron chi connectivity index (χ0n) is 19.9. The highest BCUT2D eigenvalue weighted by atomic mass is 16.5. The van der Waals surface area contributed by atoms with E-state index in [-0.39, 0.29) is 29.6 Å². The molecular formula is C25H25N5O6.